The minimum Gasteiger partial charge on any atom is -0.369 e. The Kier molecular flexibility index (Phi) is 4.78. The van der Waals surface area contributed by atoms with Crippen LogP contribution in [0.1, 0.15) is 18.4 Å². The lowest BCUT2D eigenvalue weighted by Gasteiger charge is -2.35. The Balaban J connectivity index is 1.56. The summed E-state index contributed by atoms with van der Waals surface area (Å²) in [6, 6.07) is 25.7. The van der Waals surface area contributed by atoms with Crippen LogP contribution in [-0.2, 0) is 6.42 Å². The second-order valence-electron chi connectivity index (χ2n) is 6.88. The molecule has 0 bridgehead atoms. The van der Waals surface area contributed by atoms with E-state index in [9.17, 15) is 0 Å². The summed E-state index contributed by atoms with van der Waals surface area (Å²) in [5.74, 6) is 0.708. The van der Waals surface area contributed by atoms with Gasteiger partial charge in [-0.3, -0.25) is 4.98 Å². The van der Waals surface area contributed by atoms with Crippen molar-refractivity contribution in [2.75, 3.05) is 18.0 Å². The summed E-state index contributed by atoms with van der Waals surface area (Å²) >= 11 is 0. The van der Waals surface area contributed by atoms with E-state index in [-0.39, 0.29) is 0 Å². The van der Waals surface area contributed by atoms with Gasteiger partial charge in [0.1, 0.15) is 0 Å². The lowest BCUT2D eigenvalue weighted by Crippen LogP contribution is -2.36. The third kappa shape index (κ3) is 3.74. The standard InChI is InChI=1S/C23H24N2/c1-3-9-19(10-4-1)17-20-11-8-16-25(18-20)22-14-7-15-24-23(22)21-12-5-2-6-13-21/h1-7,9-10,12-15,20H,8,11,16-18H2. The molecule has 1 saturated heterocycles. The monoisotopic (exact) mass is 328 g/mol. The van der Waals surface area contributed by atoms with Gasteiger partial charge in [-0.25, -0.2) is 0 Å². The number of pyridine rings is 1. The van der Waals surface area contributed by atoms with Gasteiger partial charge < -0.3 is 4.90 Å². The summed E-state index contributed by atoms with van der Waals surface area (Å²) in [4.78, 5) is 7.23. The molecule has 1 aliphatic rings. The number of rotatable bonds is 4. The zero-order chi connectivity index (χ0) is 16.9. The maximum Gasteiger partial charge on any atom is 0.0935 e. The quantitative estimate of drug-likeness (QED) is 0.654. The molecule has 1 atom stereocenters. The van der Waals surface area contributed by atoms with Crippen LogP contribution in [0.15, 0.2) is 79.0 Å². The van der Waals surface area contributed by atoms with Crippen LogP contribution in [0.25, 0.3) is 11.3 Å². The van der Waals surface area contributed by atoms with E-state index in [0.29, 0.717) is 5.92 Å². The van der Waals surface area contributed by atoms with Gasteiger partial charge in [-0.2, -0.15) is 0 Å². The number of piperidine rings is 1. The van der Waals surface area contributed by atoms with Gasteiger partial charge in [0, 0.05) is 24.8 Å². The van der Waals surface area contributed by atoms with Crippen molar-refractivity contribution in [2.45, 2.75) is 19.3 Å². The summed E-state index contributed by atoms with van der Waals surface area (Å²) in [5, 5.41) is 0. The Bertz CT molecular complexity index is 799. The van der Waals surface area contributed by atoms with Crippen molar-refractivity contribution >= 4 is 5.69 Å². The lowest BCUT2D eigenvalue weighted by molar-refractivity contribution is 0.413. The summed E-state index contributed by atoms with van der Waals surface area (Å²) in [6.45, 7) is 2.23. The first-order valence-electron chi connectivity index (χ1n) is 9.19. The van der Waals surface area contributed by atoms with Gasteiger partial charge in [0.2, 0.25) is 0 Å². The van der Waals surface area contributed by atoms with Crippen LogP contribution in [0, 0.1) is 5.92 Å². The van der Waals surface area contributed by atoms with E-state index in [1.165, 1.54) is 29.7 Å². The Morgan fingerprint density at radius 2 is 1.64 bits per heavy atom. The van der Waals surface area contributed by atoms with Crippen molar-refractivity contribution in [3.05, 3.63) is 84.6 Å². The second-order valence-corrected chi connectivity index (χ2v) is 6.88. The first kappa shape index (κ1) is 15.9. The summed E-state index contributed by atoms with van der Waals surface area (Å²) in [5.41, 5.74) is 5.02. The number of nitrogens with zero attached hydrogens (tertiary/aromatic N) is 2. The number of aromatic nitrogens is 1. The van der Waals surface area contributed by atoms with E-state index in [0.717, 1.165) is 25.2 Å². The Labute approximate surface area is 150 Å². The molecule has 1 aromatic heterocycles. The van der Waals surface area contributed by atoms with Crippen LogP contribution >= 0.6 is 0 Å². The van der Waals surface area contributed by atoms with Crippen molar-refractivity contribution in [3.8, 4) is 11.3 Å². The number of hydrogen-bond acceptors (Lipinski definition) is 2. The van der Waals surface area contributed by atoms with E-state index in [2.05, 4.69) is 77.7 Å². The molecular formula is C23H24N2. The number of benzene rings is 2. The molecule has 0 saturated carbocycles. The first-order chi connectivity index (χ1) is 12.4. The molecule has 126 valence electrons. The molecule has 1 fully saturated rings. The Morgan fingerprint density at radius 1 is 0.880 bits per heavy atom. The van der Waals surface area contributed by atoms with Gasteiger partial charge in [0.25, 0.3) is 0 Å². The second kappa shape index (κ2) is 7.52. The van der Waals surface area contributed by atoms with Gasteiger partial charge >= 0.3 is 0 Å². The molecule has 0 aliphatic carbocycles. The van der Waals surface area contributed by atoms with Crippen LogP contribution in [-0.4, -0.2) is 18.1 Å². The van der Waals surface area contributed by atoms with Gasteiger partial charge in [0.15, 0.2) is 0 Å². The number of hydrogen-bond donors (Lipinski definition) is 0. The van der Waals surface area contributed by atoms with Crippen molar-refractivity contribution in [2.24, 2.45) is 5.92 Å². The van der Waals surface area contributed by atoms with Crippen LogP contribution in [0.3, 0.4) is 0 Å². The predicted octanol–water partition coefficient (Wildman–Crippen LogP) is 5.21. The Morgan fingerprint density at radius 3 is 2.44 bits per heavy atom. The van der Waals surface area contributed by atoms with Gasteiger partial charge in [-0.15, -0.1) is 0 Å². The lowest BCUT2D eigenvalue weighted by atomic mass is 9.91. The highest BCUT2D eigenvalue weighted by Crippen LogP contribution is 2.32. The van der Waals surface area contributed by atoms with E-state index in [1.807, 2.05) is 6.20 Å². The van der Waals surface area contributed by atoms with Crippen molar-refractivity contribution in [3.63, 3.8) is 0 Å². The minimum absolute atomic E-state index is 0.708. The molecule has 0 N–H and O–H groups in total. The summed E-state index contributed by atoms with van der Waals surface area (Å²) < 4.78 is 0. The average molecular weight is 328 g/mol. The van der Waals surface area contributed by atoms with E-state index >= 15 is 0 Å². The molecule has 2 heteroatoms. The molecule has 0 spiro atoms. The van der Waals surface area contributed by atoms with Crippen LogP contribution in [0.5, 0.6) is 0 Å². The third-order valence-electron chi connectivity index (χ3n) is 5.06. The topological polar surface area (TPSA) is 16.1 Å². The van der Waals surface area contributed by atoms with E-state index in [1.54, 1.807) is 0 Å². The normalized spacial score (nSPS) is 17.4. The average Bonchev–Trinajstić information content (AvgIpc) is 2.70. The summed E-state index contributed by atoms with van der Waals surface area (Å²) in [6.07, 6.45) is 5.63. The summed E-state index contributed by atoms with van der Waals surface area (Å²) in [7, 11) is 0. The molecule has 4 rings (SSSR count). The van der Waals surface area contributed by atoms with Crippen LogP contribution in [0.4, 0.5) is 5.69 Å². The van der Waals surface area contributed by atoms with Crippen LogP contribution < -0.4 is 4.90 Å². The maximum absolute atomic E-state index is 4.69. The van der Waals surface area contributed by atoms with Crippen molar-refractivity contribution in [1.82, 2.24) is 4.98 Å². The fourth-order valence-electron chi connectivity index (χ4n) is 3.87. The molecular weight excluding hydrogens is 304 g/mol. The molecule has 2 aromatic carbocycles. The third-order valence-corrected chi connectivity index (χ3v) is 5.06. The van der Waals surface area contributed by atoms with Gasteiger partial charge in [-0.05, 0) is 42.9 Å². The Hall–Kier alpha value is -2.61. The highest BCUT2D eigenvalue weighted by molar-refractivity contribution is 5.75. The minimum atomic E-state index is 0.708. The van der Waals surface area contributed by atoms with Gasteiger partial charge in [-0.1, -0.05) is 60.7 Å². The maximum atomic E-state index is 4.69. The molecule has 0 amide bonds. The smallest absolute Gasteiger partial charge is 0.0935 e. The first-order valence-corrected chi connectivity index (χ1v) is 9.19. The van der Waals surface area contributed by atoms with Gasteiger partial charge in [0.05, 0.1) is 11.4 Å². The van der Waals surface area contributed by atoms with E-state index in [4.69, 9.17) is 4.98 Å². The molecule has 3 aromatic rings. The van der Waals surface area contributed by atoms with E-state index < -0.39 is 0 Å². The van der Waals surface area contributed by atoms with Crippen LogP contribution in [0.2, 0.25) is 0 Å². The fourth-order valence-corrected chi connectivity index (χ4v) is 3.87. The molecule has 1 unspecified atom stereocenters. The predicted molar refractivity (Wildman–Crippen MR) is 105 cm³/mol. The zero-order valence-corrected chi connectivity index (χ0v) is 14.5. The highest BCUT2D eigenvalue weighted by atomic mass is 15.1. The molecule has 2 heterocycles. The van der Waals surface area contributed by atoms with Crippen molar-refractivity contribution < 1.29 is 0 Å². The molecule has 0 radical (unpaired) electrons. The highest BCUT2D eigenvalue weighted by Gasteiger charge is 2.22. The SMILES string of the molecule is c1ccc(CC2CCCN(c3cccnc3-c3ccccc3)C2)cc1. The largest absolute Gasteiger partial charge is 0.369 e. The number of anilines is 1. The molecule has 2 nitrogen and oxygen atoms in total. The molecule has 25 heavy (non-hydrogen) atoms. The van der Waals surface area contributed by atoms with Crippen molar-refractivity contribution in [1.29, 1.82) is 0 Å². The molecule has 1 aliphatic heterocycles. The fraction of sp³-hybridized carbons (Fsp3) is 0.261. The zero-order valence-electron chi connectivity index (χ0n) is 14.5.